The number of carbonyl (C=O) groups excluding carboxylic acids is 1. The number of rotatable bonds is 3. The quantitative estimate of drug-likeness (QED) is 0.293. The summed E-state index contributed by atoms with van der Waals surface area (Å²) in [6, 6.07) is 21.0. The van der Waals surface area contributed by atoms with E-state index in [-0.39, 0.29) is 11.3 Å². The van der Waals surface area contributed by atoms with Crippen molar-refractivity contribution in [3.63, 3.8) is 0 Å². The molecule has 148 valence electrons. The number of aromatic nitrogens is 1. The standard InChI is InChI=1S/C23H15Cl2NO2.C2H2/c1-26-21-10-7-16(23(28)14-5-8-17(24)9-6-14)12-20(21)19(13-22(26)27)15-3-2-4-18(25)11-15;1-2/h2-13H,1H3;1-2H. The number of halogens is 2. The van der Waals surface area contributed by atoms with Gasteiger partial charge in [0.2, 0.25) is 0 Å². The Morgan fingerprint density at radius 2 is 1.50 bits per heavy atom. The Bertz CT molecular complexity index is 1320. The Balaban J connectivity index is 0.00000124. The van der Waals surface area contributed by atoms with Crippen LogP contribution in [0.25, 0.3) is 22.0 Å². The summed E-state index contributed by atoms with van der Waals surface area (Å²) in [4.78, 5) is 25.4. The molecule has 30 heavy (non-hydrogen) atoms. The first kappa shape index (κ1) is 21.4. The molecule has 0 amide bonds. The van der Waals surface area contributed by atoms with Crippen molar-refractivity contribution in [1.29, 1.82) is 0 Å². The molecule has 0 saturated carbocycles. The first-order valence-electron chi connectivity index (χ1n) is 8.97. The van der Waals surface area contributed by atoms with Gasteiger partial charge in [0.15, 0.2) is 5.78 Å². The van der Waals surface area contributed by atoms with Crippen LogP contribution in [-0.4, -0.2) is 10.4 Å². The molecule has 0 fully saturated rings. The summed E-state index contributed by atoms with van der Waals surface area (Å²) < 4.78 is 1.57. The Kier molecular flexibility index (Phi) is 6.42. The minimum atomic E-state index is -0.126. The van der Waals surface area contributed by atoms with E-state index in [4.69, 9.17) is 23.2 Å². The van der Waals surface area contributed by atoms with Crippen LogP contribution in [0.4, 0.5) is 0 Å². The molecule has 5 heteroatoms. The first-order chi connectivity index (χ1) is 14.4. The Morgan fingerprint density at radius 3 is 2.17 bits per heavy atom. The fraction of sp³-hybridized carbons (Fsp3) is 0.0400. The molecule has 4 rings (SSSR count). The highest BCUT2D eigenvalue weighted by Crippen LogP contribution is 2.30. The fourth-order valence-corrected chi connectivity index (χ4v) is 3.58. The SMILES string of the molecule is C#C.Cn1c(=O)cc(-c2cccc(Cl)c2)c2cc(C(=O)c3ccc(Cl)cc3)ccc21. The minimum absolute atomic E-state index is 0.107. The maximum Gasteiger partial charge on any atom is 0.251 e. The Hall–Kier alpha value is -3.32. The van der Waals surface area contributed by atoms with Crippen molar-refractivity contribution in [2.45, 2.75) is 0 Å². The Labute approximate surface area is 184 Å². The third kappa shape index (κ3) is 4.16. The summed E-state index contributed by atoms with van der Waals surface area (Å²) in [6.07, 6.45) is 8.00. The second-order valence-electron chi connectivity index (χ2n) is 6.53. The number of hydrogen-bond acceptors (Lipinski definition) is 2. The number of pyridine rings is 1. The summed E-state index contributed by atoms with van der Waals surface area (Å²) in [5.74, 6) is -0.107. The van der Waals surface area contributed by atoms with Gasteiger partial charge in [0.05, 0.1) is 5.52 Å². The molecule has 3 aromatic carbocycles. The maximum absolute atomic E-state index is 12.9. The number of hydrogen-bond donors (Lipinski definition) is 0. The predicted octanol–water partition coefficient (Wildman–Crippen LogP) is 5.99. The van der Waals surface area contributed by atoms with Gasteiger partial charge in [0, 0.05) is 39.7 Å². The van der Waals surface area contributed by atoms with E-state index in [1.807, 2.05) is 24.3 Å². The van der Waals surface area contributed by atoms with E-state index in [9.17, 15) is 9.59 Å². The van der Waals surface area contributed by atoms with E-state index in [1.165, 1.54) is 0 Å². The third-order valence-electron chi connectivity index (χ3n) is 4.75. The van der Waals surface area contributed by atoms with Crippen LogP contribution >= 0.6 is 23.2 Å². The highest BCUT2D eigenvalue weighted by atomic mass is 35.5. The molecule has 1 aromatic heterocycles. The van der Waals surface area contributed by atoms with E-state index < -0.39 is 0 Å². The topological polar surface area (TPSA) is 39.1 Å². The van der Waals surface area contributed by atoms with Gasteiger partial charge in [-0.25, -0.2) is 0 Å². The number of aryl methyl sites for hydroxylation is 1. The molecule has 0 aliphatic carbocycles. The van der Waals surface area contributed by atoms with E-state index in [0.29, 0.717) is 21.2 Å². The van der Waals surface area contributed by atoms with E-state index in [1.54, 1.807) is 60.1 Å². The molecule has 0 spiro atoms. The lowest BCUT2D eigenvalue weighted by molar-refractivity contribution is 0.103. The molecule has 0 atom stereocenters. The molecule has 0 unspecified atom stereocenters. The highest BCUT2D eigenvalue weighted by Gasteiger charge is 2.14. The fourth-order valence-electron chi connectivity index (χ4n) is 3.27. The van der Waals surface area contributed by atoms with Crippen molar-refractivity contribution in [1.82, 2.24) is 4.57 Å². The lowest BCUT2D eigenvalue weighted by Gasteiger charge is -2.12. The largest absolute Gasteiger partial charge is 0.311 e. The average Bonchev–Trinajstić information content (AvgIpc) is 2.77. The molecule has 0 aliphatic heterocycles. The number of terminal acetylenes is 1. The molecule has 0 aliphatic rings. The minimum Gasteiger partial charge on any atom is -0.311 e. The molecule has 0 saturated heterocycles. The van der Waals surface area contributed by atoms with Crippen LogP contribution in [0.2, 0.25) is 10.0 Å². The second-order valence-corrected chi connectivity index (χ2v) is 7.41. The molecule has 1 heterocycles. The monoisotopic (exact) mass is 433 g/mol. The lowest BCUT2D eigenvalue weighted by Crippen LogP contribution is -2.16. The zero-order valence-corrected chi connectivity index (χ0v) is 17.6. The van der Waals surface area contributed by atoms with Gasteiger partial charge >= 0.3 is 0 Å². The van der Waals surface area contributed by atoms with Crippen LogP contribution in [0.3, 0.4) is 0 Å². The van der Waals surface area contributed by atoms with Crippen LogP contribution in [0, 0.1) is 12.8 Å². The number of carbonyl (C=O) groups is 1. The van der Waals surface area contributed by atoms with Crippen LogP contribution in [-0.2, 0) is 7.05 Å². The molecular formula is C25H17Cl2NO2. The van der Waals surface area contributed by atoms with Crippen LogP contribution < -0.4 is 5.56 Å². The smallest absolute Gasteiger partial charge is 0.251 e. The van der Waals surface area contributed by atoms with Crippen LogP contribution in [0.5, 0.6) is 0 Å². The first-order valence-corrected chi connectivity index (χ1v) is 9.73. The molecule has 0 radical (unpaired) electrons. The van der Waals surface area contributed by atoms with Gasteiger partial charge in [0.1, 0.15) is 0 Å². The van der Waals surface area contributed by atoms with Crippen molar-refractivity contribution in [2.75, 3.05) is 0 Å². The highest BCUT2D eigenvalue weighted by molar-refractivity contribution is 6.31. The summed E-state index contributed by atoms with van der Waals surface area (Å²) >= 11 is 12.1. The van der Waals surface area contributed by atoms with Crippen LogP contribution in [0.15, 0.2) is 77.6 Å². The number of benzene rings is 3. The predicted molar refractivity (Wildman–Crippen MR) is 124 cm³/mol. The van der Waals surface area contributed by atoms with E-state index >= 15 is 0 Å². The number of fused-ring (bicyclic) bond motifs is 1. The van der Waals surface area contributed by atoms with E-state index in [2.05, 4.69) is 12.8 Å². The van der Waals surface area contributed by atoms with Crippen molar-refractivity contribution in [2.24, 2.45) is 7.05 Å². The van der Waals surface area contributed by atoms with Gasteiger partial charge in [-0.3, -0.25) is 9.59 Å². The van der Waals surface area contributed by atoms with Crippen molar-refractivity contribution >= 4 is 39.9 Å². The van der Waals surface area contributed by atoms with Gasteiger partial charge in [-0.15, -0.1) is 12.8 Å². The van der Waals surface area contributed by atoms with Gasteiger partial charge in [-0.2, -0.15) is 0 Å². The van der Waals surface area contributed by atoms with Gasteiger partial charge < -0.3 is 4.57 Å². The number of nitrogens with zero attached hydrogens (tertiary/aromatic N) is 1. The maximum atomic E-state index is 12.9. The average molecular weight is 434 g/mol. The van der Waals surface area contributed by atoms with Gasteiger partial charge in [-0.1, -0.05) is 35.3 Å². The molecular weight excluding hydrogens is 417 g/mol. The van der Waals surface area contributed by atoms with Crippen molar-refractivity contribution in [3.8, 4) is 24.0 Å². The zero-order valence-electron chi connectivity index (χ0n) is 16.1. The summed E-state index contributed by atoms with van der Waals surface area (Å²) in [5, 5.41) is 1.97. The second kappa shape index (κ2) is 9.00. The molecule has 3 nitrogen and oxygen atoms in total. The van der Waals surface area contributed by atoms with Gasteiger partial charge in [0.25, 0.3) is 5.56 Å². The van der Waals surface area contributed by atoms with E-state index in [0.717, 1.165) is 22.0 Å². The molecule has 0 bridgehead atoms. The Morgan fingerprint density at radius 1 is 0.833 bits per heavy atom. The third-order valence-corrected chi connectivity index (χ3v) is 5.24. The normalized spacial score (nSPS) is 10.3. The number of ketones is 1. The summed E-state index contributed by atoms with van der Waals surface area (Å²) in [5.41, 5.74) is 3.28. The lowest BCUT2D eigenvalue weighted by atomic mass is 9.96. The molecule has 0 N–H and O–H groups in total. The zero-order chi connectivity index (χ0) is 21.8. The summed E-state index contributed by atoms with van der Waals surface area (Å²) in [6.45, 7) is 0. The van der Waals surface area contributed by atoms with Crippen molar-refractivity contribution < 1.29 is 4.79 Å². The summed E-state index contributed by atoms with van der Waals surface area (Å²) in [7, 11) is 1.72. The van der Waals surface area contributed by atoms with Crippen LogP contribution in [0.1, 0.15) is 15.9 Å². The van der Waals surface area contributed by atoms with Gasteiger partial charge in [-0.05, 0) is 65.7 Å². The van der Waals surface area contributed by atoms with Crippen molar-refractivity contribution in [3.05, 3.63) is 104 Å². The molecule has 4 aromatic rings.